The van der Waals surface area contributed by atoms with E-state index in [0.29, 0.717) is 11.1 Å². The van der Waals surface area contributed by atoms with Crippen LogP contribution in [0.25, 0.3) is 10.9 Å². The number of aromatic nitrogens is 1. The number of fused-ring (bicyclic) bond motifs is 1. The zero-order valence-corrected chi connectivity index (χ0v) is 18.9. The smallest absolute Gasteiger partial charge is 0.253 e. The molecule has 2 heterocycles. The number of nitrogens with zero attached hydrogens (tertiary/aromatic N) is 3. The van der Waals surface area contributed by atoms with Crippen LogP contribution in [0.15, 0.2) is 54.7 Å². The van der Waals surface area contributed by atoms with Crippen molar-refractivity contribution in [3.05, 3.63) is 65.3 Å². The summed E-state index contributed by atoms with van der Waals surface area (Å²) in [7, 11) is 0. The van der Waals surface area contributed by atoms with E-state index >= 15 is 0 Å². The molecule has 0 unspecified atom stereocenters. The molecule has 0 spiro atoms. The van der Waals surface area contributed by atoms with Crippen LogP contribution < -0.4 is 5.32 Å². The molecule has 1 N–H and O–H groups in total. The summed E-state index contributed by atoms with van der Waals surface area (Å²) in [5.74, 6) is 0.119. The zero-order valence-electron chi connectivity index (χ0n) is 18.1. The quantitative estimate of drug-likeness (QED) is 0.548. The van der Waals surface area contributed by atoms with Crippen molar-refractivity contribution in [1.82, 2.24) is 14.8 Å². The number of carbonyl (C=O) groups is 1. The van der Waals surface area contributed by atoms with Crippen LogP contribution in [0.5, 0.6) is 0 Å². The largest absolute Gasteiger partial charge is 0.355 e. The molecule has 0 aliphatic carbocycles. The third-order valence-electron chi connectivity index (χ3n) is 6.20. The fraction of sp³-hybridized carbons (Fsp3) is 0.360. The van der Waals surface area contributed by atoms with Gasteiger partial charge >= 0.3 is 0 Å². The van der Waals surface area contributed by atoms with Gasteiger partial charge in [-0.1, -0.05) is 25.4 Å². The van der Waals surface area contributed by atoms with Crippen LogP contribution >= 0.6 is 11.6 Å². The molecule has 1 amide bonds. The Kier molecular flexibility index (Phi) is 6.73. The number of nitrogens with one attached hydrogen (secondary N) is 1. The molecule has 4 rings (SSSR count). The third-order valence-corrected chi connectivity index (χ3v) is 6.43. The standard InChI is InChI=1S/C25H29ClN4O/c1-3-29(4-2)21-12-15-30(16-13-21)25(31)18-5-8-20(9-6-18)28-23-11-14-27-24-17-19(26)7-10-22(23)24/h5-11,14,17,21H,3-4,12-13,15-16H2,1-2H3,(H,27,28). The minimum absolute atomic E-state index is 0.119. The number of piperidine rings is 1. The Labute approximate surface area is 189 Å². The summed E-state index contributed by atoms with van der Waals surface area (Å²) >= 11 is 6.08. The van der Waals surface area contributed by atoms with E-state index in [2.05, 4.69) is 29.0 Å². The molecule has 1 aliphatic rings. The summed E-state index contributed by atoms with van der Waals surface area (Å²) in [6.45, 7) is 8.21. The molecule has 0 saturated carbocycles. The highest BCUT2D eigenvalue weighted by Crippen LogP contribution is 2.27. The highest BCUT2D eigenvalue weighted by Gasteiger charge is 2.26. The van der Waals surface area contributed by atoms with E-state index in [1.165, 1.54) is 0 Å². The van der Waals surface area contributed by atoms with Crippen molar-refractivity contribution in [2.24, 2.45) is 0 Å². The fourth-order valence-corrected chi connectivity index (χ4v) is 4.60. The number of amides is 1. The molecular formula is C25H29ClN4O. The first-order valence-electron chi connectivity index (χ1n) is 11.0. The van der Waals surface area contributed by atoms with Crippen LogP contribution in [0.2, 0.25) is 5.02 Å². The van der Waals surface area contributed by atoms with Crippen molar-refractivity contribution in [2.75, 3.05) is 31.5 Å². The zero-order chi connectivity index (χ0) is 21.8. The van der Waals surface area contributed by atoms with Gasteiger partial charge in [0.2, 0.25) is 0 Å². The van der Waals surface area contributed by atoms with E-state index in [4.69, 9.17) is 11.6 Å². The predicted octanol–water partition coefficient (Wildman–Crippen LogP) is 5.58. The Morgan fingerprint density at radius 2 is 1.81 bits per heavy atom. The summed E-state index contributed by atoms with van der Waals surface area (Å²) in [4.78, 5) is 21.8. The molecule has 6 heteroatoms. The van der Waals surface area contributed by atoms with Crippen LogP contribution in [0.4, 0.5) is 11.4 Å². The molecule has 1 aromatic heterocycles. The van der Waals surface area contributed by atoms with Gasteiger partial charge < -0.3 is 15.1 Å². The number of anilines is 2. The summed E-state index contributed by atoms with van der Waals surface area (Å²) < 4.78 is 0. The van der Waals surface area contributed by atoms with E-state index in [9.17, 15) is 4.79 Å². The number of hydrogen-bond acceptors (Lipinski definition) is 4. The summed E-state index contributed by atoms with van der Waals surface area (Å²) in [5, 5.41) is 5.10. The normalized spacial score (nSPS) is 14.9. The second kappa shape index (κ2) is 9.67. The van der Waals surface area contributed by atoms with Crippen LogP contribution in [0.1, 0.15) is 37.0 Å². The molecule has 1 fully saturated rings. The number of pyridine rings is 1. The van der Waals surface area contributed by atoms with Crippen molar-refractivity contribution in [3.63, 3.8) is 0 Å². The molecule has 162 valence electrons. The lowest BCUT2D eigenvalue weighted by atomic mass is 10.0. The molecule has 1 aliphatic heterocycles. The topological polar surface area (TPSA) is 48.5 Å². The van der Waals surface area contributed by atoms with Crippen molar-refractivity contribution in [3.8, 4) is 0 Å². The van der Waals surface area contributed by atoms with E-state index in [1.54, 1.807) is 6.20 Å². The number of hydrogen-bond donors (Lipinski definition) is 1. The molecule has 0 bridgehead atoms. The Hall–Kier alpha value is -2.63. The van der Waals surface area contributed by atoms with E-state index in [1.807, 2.05) is 53.4 Å². The molecule has 5 nitrogen and oxygen atoms in total. The number of rotatable bonds is 6. The monoisotopic (exact) mass is 436 g/mol. The van der Waals surface area contributed by atoms with Crippen LogP contribution in [0, 0.1) is 0 Å². The number of carbonyl (C=O) groups excluding carboxylic acids is 1. The minimum Gasteiger partial charge on any atom is -0.355 e. The van der Waals surface area contributed by atoms with Gasteiger partial charge in [-0.05, 0) is 74.5 Å². The first-order valence-corrected chi connectivity index (χ1v) is 11.4. The van der Waals surface area contributed by atoms with Gasteiger partial charge in [0.1, 0.15) is 0 Å². The summed E-state index contributed by atoms with van der Waals surface area (Å²) in [6.07, 6.45) is 3.86. The second-order valence-corrected chi connectivity index (χ2v) is 8.40. The SMILES string of the molecule is CCN(CC)C1CCN(C(=O)c2ccc(Nc3ccnc4cc(Cl)ccc34)cc2)CC1. The maximum absolute atomic E-state index is 13.0. The van der Waals surface area contributed by atoms with Gasteiger partial charge in [0.25, 0.3) is 5.91 Å². The average molecular weight is 437 g/mol. The Morgan fingerprint density at radius 1 is 1.10 bits per heavy atom. The molecular weight excluding hydrogens is 408 g/mol. The molecule has 2 aromatic carbocycles. The van der Waals surface area contributed by atoms with Crippen molar-refractivity contribution in [1.29, 1.82) is 0 Å². The lowest BCUT2D eigenvalue weighted by Gasteiger charge is -2.37. The van der Waals surface area contributed by atoms with Gasteiger partial charge in [0, 0.05) is 52.7 Å². The van der Waals surface area contributed by atoms with Gasteiger partial charge in [-0.25, -0.2) is 0 Å². The van der Waals surface area contributed by atoms with Gasteiger partial charge in [0.15, 0.2) is 0 Å². The Balaban J connectivity index is 1.41. The van der Waals surface area contributed by atoms with Gasteiger partial charge in [-0.2, -0.15) is 0 Å². The fourth-order valence-electron chi connectivity index (χ4n) is 4.44. The summed E-state index contributed by atoms with van der Waals surface area (Å²) in [5.41, 5.74) is 3.47. The number of benzene rings is 2. The van der Waals surface area contributed by atoms with Gasteiger partial charge in [-0.15, -0.1) is 0 Å². The molecule has 0 atom stereocenters. The first-order chi connectivity index (χ1) is 15.1. The second-order valence-electron chi connectivity index (χ2n) is 7.97. The Morgan fingerprint density at radius 3 is 2.48 bits per heavy atom. The van der Waals surface area contributed by atoms with E-state index < -0.39 is 0 Å². The van der Waals surface area contributed by atoms with E-state index in [-0.39, 0.29) is 5.91 Å². The lowest BCUT2D eigenvalue weighted by molar-refractivity contribution is 0.0631. The van der Waals surface area contributed by atoms with Crippen molar-refractivity contribution >= 4 is 39.8 Å². The van der Waals surface area contributed by atoms with Crippen LogP contribution in [0.3, 0.4) is 0 Å². The average Bonchev–Trinajstić information content (AvgIpc) is 2.80. The number of halogens is 1. The van der Waals surface area contributed by atoms with Gasteiger partial charge in [0.05, 0.1) is 5.52 Å². The van der Waals surface area contributed by atoms with Gasteiger partial charge in [-0.3, -0.25) is 9.78 Å². The first kappa shape index (κ1) is 21.6. The predicted molar refractivity (Wildman–Crippen MR) is 128 cm³/mol. The number of likely N-dealkylation sites (tertiary alicyclic amines) is 1. The molecule has 1 saturated heterocycles. The maximum atomic E-state index is 13.0. The minimum atomic E-state index is 0.119. The van der Waals surface area contributed by atoms with Crippen LogP contribution in [-0.4, -0.2) is 52.9 Å². The highest BCUT2D eigenvalue weighted by molar-refractivity contribution is 6.31. The third kappa shape index (κ3) is 4.83. The molecule has 31 heavy (non-hydrogen) atoms. The van der Waals surface area contributed by atoms with Crippen molar-refractivity contribution in [2.45, 2.75) is 32.7 Å². The Bertz CT molecular complexity index is 1040. The lowest BCUT2D eigenvalue weighted by Crippen LogP contribution is -2.46. The van der Waals surface area contributed by atoms with E-state index in [0.717, 1.165) is 66.9 Å². The highest BCUT2D eigenvalue weighted by atomic mass is 35.5. The molecule has 0 radical (unpaired) electrons. The maximum Gasteiger partial charge on any atom is 0.253 e. The molecule has 3 aromatic rings. The van der Waals surface area contributed by atoms with Crippen LogP contribution in [-0.2, 0) is 0 Å². The summed E-state index contributed by atoms with van der Waals surface area (Å²) in [6, 6.07) is 15.9. The van der Waals surface area contributed by atoms with Crippen molar-refractivity contribution < 1.29 is 4.79 Å².